The van der Waals surface area contributed by atoms with Crippen LogP contribution in [0, 0.1) is 11.8 Å². The molecule has 1 heterocycles. The summed E-state index contributed by atoms with van der Waals surface area (Å²) in [5.41, 5.74) is 1.23. The highest BCUT2D eigenvalue weighted by Gasteiger charge is 2.38. The summed E-state index contributed by atoms with van der Waals surface area (Å²) in [4.78, 5) is 49.6. The monoisotopic (exact) mass is 459 g/mol. The van der Waals surface area contributed by atoms with E-state index in [2.05, 4.69) is 35.4 Å². The molecule has 32 heavy (non-hydrogen) atoms. The summed E-state index contributed by atoms with van der Waals surface area (Å²) in [5, 5.41) is 5.27. The second-order valence-electron chi connectivity index (χ2n) is 8.76. The molecule has 1 aliphatic heterocycles. The number of aryl methyl sites for hydroxylation is 1. The first-order valence-electron chi connectivity index (χ1n) is 11.5. The number of carbonyl (C=O) groups excluding carboxylic acids is 4. The van der Waals surface area contributed by atoms with Gasteiger partial charge in [0.05, 0.1) is 5.25 Å². The summed E-state index contributed by atoms with van der Waals surface area (Å²) in [5.74, 6) is -0.107. The lowest BCUT2D eigenvalue weighted by atomic mass is 9.81. The highest BCUT2D eigenvalue weighted by atomic mass is 32.1. The van der Waals surface area contributed by atoms with Gasteiger partial charge in [0.25, 0.3) is 0 Å². The van der Waals surface area contributed by atoms with Crippen LogP contribution in [0.1, 0.15) is 50.5 Å². The first kappa shape index (κ1) is 24.3. The van der Waals surface area contributed by atoms with Crippen LogP contribution >= 0.6 is 12.6 Å². The zero-order chi connectivity index (χ0) is 22.9. The van der Waals surface area contributed by atoms with Gasteiger partial charge in [-0.05, 0) is 50.0 Å². The molecule has 0 spiro atoms. The van der Waals surface area contributed by atoms with Gasteiger partial charge in [0.2, 0.25) is 23.6 Å². The van der Waals surface area contributed by atoms with Crippen LogP contribution in [0.3, 0.4) is 0 Å². The van der Waals surface area contributed by atoms with Crippen LogP contribution in [0.25, 0.3) is 0 Å². The fourth-order valence-corrected chi connectivity index (χ4v) is 4.74. The number of thiol groups is 1. The highest BCUT2D eigenvalue weighted by Crippen LogP contribution is 2.31. The van der Waals surface area contributed by atoms with Crippen molar-refractivity contribution in [1.29, 1.82) is 0 Å². The van der Waals surface area contributed by atoms with Crippen molar-refractivity contribution < 1.29 is 19.2 Å². The minimum absolute atomic E-state index is 0.00477. The van der Waals surface area contributed by atoms with Crippen LogP contribution in [0.2, 0.25) is 0 Å². The lowest BCUT2D eigenvalue weighted by molar-refractivity contribution is -0.139. The number of imide groups is 1. The molecular weight excluding hydrogens is 426 g/mol. The molecule has 1 saturated carbocycles. The van der Waals surface area contributed by atoms with Crippen LogP contribution in [-0.4, -0.2) is 53.4 Å². The third-order valence-corrected chi connectivity index (χ3v) is 6.74. The predicted molar refractivity (Wildman–Crippen MR) is 125 cm³/mol. The van der Waals surface area contributed by atoms with Crippen molar-refractivity contribution in [2.24, 2.45) is 11.8 Å². The summed E-state index contributed by atoms with van der Waals surface area (Å²) in [6, 6.07) is 10.1. The maximum Gasteiger partial charge on any atom is 0.242 e. The van der Waals surface area contributed by atoms with E-state index in [1.807, 2.05) is 18.2 Å². The topological polar surface area (TPSA) is 95.6 Å². The van der Waals surface area contributed by atoms with Crippen molar-refractivity contribution in [3.05, 3.63) is 35.9 Å². The number of rotatable bonds is 10. The van der Waals surface area contributed by atoms with Crippen LogP contribution in [0.4, 0.5) is 0 Å². The fourth-order valence-electron chi connectivity index (χ4n) is 4.44. The Morgan fingerprint density at radius 1 is 1.00 bits per heavy atom. The smallest absolute Gasteiger partial charge is 0.242 e. The van der Waals surface area contributed by atoms with E-state index in [4.69, 9.17) is 0 Å². The zero-order valence-electron chi connectivity index (χ0n) is 18.4. The van der Waals surface area contributed by atoms with Crippen molar-refractivity contribution in [1.82, 2.24) is 15.5 Å². The zero-order valence-corrected chi connectivity index (χ0v) is 19.3. The lowest BCUT2D eigenvalue weighted by Crippen LogP contribution is -2.40. The molecule has 4 amide bonds. The Labute approximate surface area is 195 Å². The molecule has 3 rings (SSSR count). The van der Waals surface area contributed by atoms with E-state index in [1.165, 1.54) is 10.5 Å². The van der Waals surface area contributed by atoms with E-state index in [0.29, 0.717) is 26.1 Å². The number of nitrogens with zero attached hydrogens (tertiary/aromatic N) is 1. The van der Waals surface area contributed by atoms with Gasteiger partial charge in [-0.3, -0.25) is 24.1 Å². The molecule has 1 aromatic carbocycles. The molecule has 1 aliphatic carbocycles. The summed E-state index contributed by atoms with van der Waals surface area (Å²) in [7, 11) is 0. The van der Waals surface area contributed by atoms with Gasteiger partial charge in [-0.1, -0.05) is 30.3 Å². The molecule has 0 radical (unpaired) electrons. The number of hydrogen-bond acceptors (Lipinski definition) is 5. The molecule has 2 aliphatic rings. The van der Waals surface area contributed by atoms with Gasteiger partial charge >= 0.3 is 0 Å². The predicted octanol–water partition coefficient (Wildman–Crippen LogP) is 2.11. The van der Waals surface area contributed by atoms with Crippen molar-refractivity contribution in [2.45, 2.75) is 56.6 Å². The second-order valence-corrected chi connectivity index (χ2v) is 9.38. The average molecular weight is 460 g/mol. The number of carbonyl (C=O) groups is 4. The Kier molecular flexibility index (Phi) is 9.14. The summed E-state index contributed by atoms with van der Waals surface area (Å²) >= 11 is 4.16. The first-order chi connectivity index (χ1) is 15.4. The summed E-state index contributed by atoms with van der Waals surface area (Å²) < 4.78 is 0. The maximum absolute atomic E-state index is 12.4. The van der Waals surface area contributed by atoms with Crippen molar-refractivity contribution in [3.63, 3.8) is 0 Å². The molecule has 0 bridgehead atoms. The molecular formula is C24H33N3O4S. The van der Waals surface area contributed by atoms with Gasteiger partial charge in [0.15, 0.2) is 0 Å². The molecule has 7 nitrogen and oxygen atoms in total. The molecule has 1 aromatic rings. The van der Waals surface area contributed by atoms with Crippen LogP contribution < -0.4 is 10.6 Å². The summed E-state index contributed by atoms with van der Waals surface area (Å²) in [6.45, 7) is 1.29. The lowest BCUT2D eigenvalue weighted by Gasteiger charge is -2.30. The number of hydrogen-bond donors (Lipinski definition) is 3. The molecule has 2 N–H and O–H groups in total. The molecule has 0 aromatic heterocycles. The van der Waals surface area contributed by atoms with Crippen molar-refractivity contribution in [3.8, 4) is 0 Å². The van der Waals surface area contributed by atoms with E-state index in [0.717, 1.165) is 38.5 Å². The Hall–Kier alpha value is -2.35. The Balaban J connectivity index is 1.25. The number of benzene rings is 1. The number of amides is 4. The normalized spacial score (nSPS) is 23.3. The molecule has 1 saturated heterocycles. The van der Waals surface area contributed by atoms with Gasteiger partial charge in [0, 0.05) is 38.4 Å². The van der Waals surface area contributed by atoms with E-state index < -0.39 is 5.25 Å². The van der Waals surface area contributed by atoms with Gasteiger partial charge in [0.1, 0.15) is 0 Å². The van der Waals surface area contributed by atoms with Crippen LogP contribution in [-0.2, 0) is 25.6 Å². The number of nitrogens with one attached hydrogen (secondary N) is 2. The molecule has 1 unspecified atom stereocenters. The van der Waals surface area contributed by atoms with Gasteiger partial charge in [-0.15, -0.1) is 0 Å². The standard InChI is InChI=1S/C24H33N3O4S/c28-21(8-4-7-17-5-2-1-3-6-17)25-13-14-26-23(30)19-11-9-18(10-12-19)16-27-22(29)15-20(32)24(27)31/h1-3,5-6,18-20,32H,4,7-16H2,(H,25,28)(H,26,30). The molecule has 1 atom stereocenters. The van der Waals surface area contributed by atoms with Gasteiger partial charge < -0.3 is 10.6 Å². The van der Waals surface area contributed by atoms with Gasteiger partial charge in [-0.2, -0.15) is 12.6 Å². The minimum Gasteiger partial charge on any atom is -0.354 e. The number of likely N-dealkylation sites (tertiary alicyclic amines) is 1. The fraction of sp³-hybridized carbons (Fsp3) is 0.583. The third kappa shape index (κ3) is 7.08. The SMILES string of the molecule is O=C(CCCc1ccccc1)NCCNC(=O)C1CCC(CN2C(=O)CC(S)C2=O)CC1. The van der Waals surface area contributed by atoms with Crippen molar-refractivity contribution >= 4 is 36.3 Å². The molecule has 174 valence electrons. The first-order valence-corrected chi connectivity index (χ1v) is 12.1. The largest absolute Gasteiger partial charge is 0.354 e. The Morgan fingerprint density at radius 2 is 1.69 bits per heavy atom. The highest BCUT2D eigenvalue weighted by molar-refractivity contribution is 7.81. The quantitative estimate of drug-likeness (QED) is 0.284. The summed E-state index contributed by atoms with van der Waals surface area (Å²) in [6.07, 6.45) is 5.49. The van der Waals surface area contributed by atoms with Gasteiger partial charge in [-0.25, -0.2) is 0 Å². The molecule has 2 fully saturated rings. The van der Waals surface area contributed by atoms with E-state index in [1.54, 1.807) is 0 Å². The van der Waals surface area contributed by atoms with Crippen LogP contribution in [0.5, 0.6) is 0 Å². The second kappa shape index (κ2) is 12.0. The minimum atomic E-state index is -0.506. The maximum atomic E-state index is 12.4. The third-order valence-electron chi connectivity index (χ3n) is 6.34. The van der Waals surface area contributed by atoms with Crippen LogP contribution in [0.15, 0.2) is 30.3 Å². The van der Waals surface area contributed by atoms with E-state index >= 15 is 0 Å². The van der Waals surface area contributed by atoms with E-state index in [9.17, 15) is 19.2 Å². The van der Waals surface area contributed by atoms with E-state index in [-0.39, 0.29) is 41.9 Å². The molecule has 8 heteroatoms. The Morgan fingerprint density at radius 3 is 2.34 bits per heavy atom. The average Bonchev–Trinajstić information content (AvgIpc) is 3.03. The Bertz CT molecular complexity index is 809. The van der Waals surface area contributed by atoms with Crippen molar-refractivity contribution in [2.75, 3.05) is 19.6 Å².